The largest absolute Gasteiger partial charge is 0.379 e. The molecule has 144 valence electrons. The number of nitrogens with one attached hydrogen (secondary N) is 1. The minimum atomic E-state index is -0.220. The molecule has 0 unspecified atom stereocenters. The lowest BCUT2D eigenvalue weighted by Gasteiger charge is -2.26. The molecule has 1 aliphatic heterocycles. The normalized spacial score (nSPS) is 15.1. The van der Waals surface area contributed by atoms with Crippen molar-refractivity contribution in [1.82, 2.24) is 18.9 Å². The van der Waals surface area contributed by atoms with Crippen LogP contribution in [0.5, 0.6) is 0 Å². The Labute approximate surface area is 161 Å². The van der Waals surface area contributed by atoms with Gasteiger partial charge in [0, 0.05) is 32.4 Å². The van der Waals surface area contributed by atoms with E-state index in [1.165, 1.54) is 10.5 Å². The summed E-state index contributed by atoms with van der Waals surface area (Å²) in [6.45, 7) is 6.61. The van der Waals surface area contributed by atoms with Gasteiger partial charge in [0.2, 0.25) is 0 Å². The first-order valence-corrected chi connectivity index (χ1v) is 9.40. The molecule has 3 aromatic rings. The van der Waals surface area contributed by atoms with Crippen LogP contribution in [0.1, 0.15) is 17.5 Å². The second-order valence-electron chi connectivity index (χ2n) is 7.07. The number of aromatic nitrogens is 3. The molecule has 0 radical (unpaired) electrons. The molecule has 4 rings (SSSR count). The van der Waals surface area contributed by atoms with Crippen molar-refractivity contribution in [2.45, 2.75) is 19.9 Å². The van der Waals surface area contributed by atoms with Gasteiger partial charge in [-0.1, -0.05) is 6.07 Å². The smallest absolute Gasteiger partial charge is 0.267 e. The topological polar surface area (TPSA) is 99.4 Å². The predicted molar refractivity (Wildman–Crippen MR) is 104 cm³/mol. The summed E-state index contributed by atoms with van der Waals surface area (Å²) in [5.41, 5.74) is 2.01. The Bertz CT molecular complexity index is 1200. The van der Waals surface area contributed by atoms with Crippen LogP contribution >= 0.6 is 0 Å². The highest BCUT2D eigenvalue weighted by Crippen LogP contribution is 2.11. The van der Waals surface area contributed by atoms with E-state index in [0.717, 1.165) is 44.8 Å². The van der Waals surface area contributed by atoms with E-state index in [9.17, 15) is 10.1 Å². The second kappa shape index (κ2) is 7.54. The van der Waals surface area contributed by atoms with Crippen LogP contribution in [0.15, 0.2) is 29.2 Å². The molecule has 0 bridgehead atoms. The van der Waals surface area contributed by atoms with Gasteiger partial charge in [0.15, 0.2) is 0 Å². The van der Waals surface area contributed by atoms with E-state index < -0.39 is 0 Å². The highest BCUT2D eigenvalue weighted by Gasteiger charge is 2.14. The fourth-order valence-corrected chi connectivity index (χ4v) is 3.62. The van der Waals surface area contributed by atoms with Crippen LogP contribution in [-0.2, 0) is 11.3 Å². The molecular weight excluding hydrogens is 356 g/mol. The van der Waals surface area contributed by atoms with Crippen molar-refractivity contribution in [1.29, 1.82) is 10.7 Å². The van der Waals surface area contributed by atoms with Gasteiger partial charge < -0.3 is 9.30 Å². The minimum absolute atomic E-state index is 0.0975. The summed E-state index contributed by atoms with van der Waals surface area (Å²) in [4.78, 5) is 20.0. The molecule has 8 heteroatoms. The minimum Gasteiger partial charge on any atom is -0.379 e. The van der Waals surface area contributed by atoms with Gasteiger partial charge in [0.1, 0.15) is 22.9 Å². The van der Waals surface area contributed by atoms with E-state index in [1.807, 2.05) is 19.1 Å². The van der Waals surface area contributed by atoms with Gasteiger partial charge in [-0.15, -0.1) is 0 Å². The third kappa shape index (κ3) is 3.30. The maximum Gasteiger partial charge on any atom is 0.267 e. The standard InChI is InChI=1S/C20H22N6O2/c1-14-3-4-17-23-19-16(20(27)26(17)13-14)11-15(12-21)18(22)25(19)6-2-5-24-7-9-28-10-8-24/h3-4,11,13,22H,2,5-10H2,1H3. The van der Waals surface area contributed by atoms with E-state index in [1.54, 1.807) is 16.8 Å². The molecule has 1 N–H and O–H groups in total. The van der Waals surface area contributed by atoms with Gasteiger partial charge in [-0.05, 0) is 31.0 Å². The molecule has 0 spiro atoms. The molecule has 1 saturated heterocycles. The van der Waals surface area contributed by atoms with Crippen molar-refractivity contribution in [2.75, 3.05) is 32.8 Å². The molecule has 8 nitrogen and oxygen atoms in total. The van der Waals surface area contributed by atoms with Crippen LogP contribution in [-0.4, -0.2) is 51.7 Å². The summed E-state index contributed by atoms with van der Waals surface area (Å²) < 4.78 is 8.56. The number of hydrogen-bond acceptors (Lipinski definition) is 6. The SMILES string of the molecule is Cc1ccc2nc3c(cc(C#N)c(=N)n3CCCN3CCOCC3)c(=O)n2c1. The zero-order valence-electron chi connectivity index (χ0n) is 15.8. The fraction of sp³-hybridized carbons (Fsp3) is 0.400. The summed E-state index contributed by atoms with van der Waals surface area (Å²) >= 11 is 0. The van der Waals surface area contributed by atoms with Crippen molar-refractivity contribution in [3.8, 4) is 6.07 Å². The van der Waals surface area contributed by atoms with Crippen LogP contribution in [0, 0.1) is 23.7 Å². The van der Waals surface area contributed by atoms with E-state index in [4.69, 9.17) is 10.1 Å². The molecule has 28 heavy (non-hydrogen) atoms. The van der Waals surface area contributed by atoms with Gasteiger partial charge >= 0.3 is 0 Å². The number of hydrogen-bond donors (Lipinski definition) is 1. The van der Waals surface area contributed by atoms with Crippen LogP contribution < -0.4 is 11.0 Å². The van der Waals surface area contributed by atoms with Gasteiger partial charge in [0.05, 0.1) is 24.2 Å². The van der Waals surface area contributed by atoms with Crippen LogP contribution in [0.2, 0.25) is 0 Å². The van der Waals surface area contributed by atoms with Crippen molar-refractivity contribution in [2.24, 2.45) is 0 Å². The molecule has 4 heterocycles. The summed E-state index contributed by atoms with van der Waals surface area (Å²) in [6, 6.07) is 7.24. The number of fused-ring (bicyclic) bond motifs is 2. The molecule has 0 atom stereocenters. The lowest BCUT2D eigenvalue weighted by atomic mass is 10.2. The molecule has 0 aliphatic carbocycles. The highest BCUT2D eigenvalue weighted by atomic mass is 16.5. The summed E-state index contributed by atoms with van der Waals surface area (Å²) in [6.07, 6.45) is 2.54. The fourth-order valence-electron chi connectivity index (χ4n) is 3.62. The monoisotopic (exact) mass is 378 g/mol. The van der Waals surface area contributed by atoms with Crippen molar-refractivity contribution in [3.63, 3.8) is 0 Å². The molecule has 0 saturated carbocycles. The number of ether oxygens (including phenoxy) is 1. The second-order valence-corrected chi connectivity index (χ2v) is 7.07. The summed E-state index contributed by atoms with van der Waals surface area (Å²) in [7, 11) is 0. The zero-order valence-corrected chi connectivity index (χ0v) is 15.8. The Morgan fingerprint density at radius 1 is 1.29 bits per heavy atom. The maximum absolute atomic E-state index is 13.0. The number of aryl methyl sites for hydroxylation is 2. The van der Waals surface area contributed by atoms with Gasteiger partial charge in [-0.2, -0.15) is 5.26 Å². The van der Waals surface area contributed by atoms with Crippen LogP contribution in [0.4, 0.5) is 0 Å². The van der Waals surface area contributed by atoms with E-state index in [2.05, 4.69) is 9.88 Å². The first-order valence-electron chi connectivity index (χ1n) is 9.40. The van der Waals surface area contributed by atoms with Crippen molar-refractivity contribution >= 4 is 16.7 Å². The molecule has 0 aromatic carbocycles. The molecule has 3 aromatic heterocycles. The number of morpholine rings is 1. The number of nitriles is 1. The molecule has 1 fully saturated rings. The van der Waals surface area contributed by atoms with Gasteiger partial charge in [-0.25, -0.2) is 4.98 Å². The number of pyridine rings is 2. The van der Waals surface area contributed by atoms with Gasteiger partial charge in [0.25, 0.3) is 5.56 Å². The quantitative estimate of drug-likeness (QED) is 0.684. The van der Waals surface area contributed by atoms with Crippen LogP contribution in [0.3, 0.4) is 0 Å². The first-order chi connectivity index (χ1) is 13.6. The predicted octanol–water partition coefficient (Wildman–Crippen LogP) is 1.03. The summed E-state index contributed by atoms with van der Waals surface area (Å²) in [5.74, 6) is 0. The third-order valence-corrected chi connectivity index (χ3v) is 5.14. The Kier molecular flexibility index (Phi) is 4.94. The van der Waals surface area contributed by atoms with Gasteiger partial charge in [-0.3, -0.25) is 19.5 Å². The summed E-state index contributed by atoms with van der Waals surface area (Å²) in [5, 5.41) is 18.2. The third-order valence-electron chi connectivity index (χ3n) is 5.14. The maximum atomic E-state index is 13.0. The Balaban J connectivity index is 1.79. The Morgan fingerprint density at radius 3 is 2.82 bits per heavy atom. The van der Waals surface area contributed by atoms with Crippen molar-refractivity contribution < 1.29 is 4.74 Å². The lowest BCUT2D eigenvalue weighted by Crippen LogP contribution is -2.37. The number of nitrogens with zero attached hydrogens (tertiary/aromatic N) is 5. The average molecular weight is 378 g/mol. The zero-order chi connectivity index (χ0) is 19.7. The molecule has 0 amide bonds. The highest BCUT2D eigenvalue weighted by molar-refractivity contribution is 5.77. The van der Waals surface area contributed by atoms with E-state index >= 15 is 0 Å². The number of rotatable bonds is 4. The van der Waals surface area contributed by atoms with E-state index in [0.29, 0.717) is 23.2 Å². The molecular formula is C20H22N6O2. The lowest BCUT2D eigenvalue weighted by molar-refractivity contribution is 0.0369. The molecule has 1 aliphatic rings. The van der Waals surface area contributed by atoms with E-state index in [-0.39, 0.29) is 16.6 Å². The van der Waals surface area contributed by atoms with Crippen molar-refractivity contribution in [3.05, 3.63) is 51.4 Å². The first kappa shape index (κ1) is 18.3. The average Bonchev–Trinajstić information content (AvgIpc) is 2.71. The Hall–Kier alpha value is -3.02. The Morgan fingerprint density at radius 2 is 2.07 bits per heavy atom. The van der Waals surface area contributed by atoms with Crippen LogP contribution in [0.25, 0.3) is 16.7 Å².